The van der Waals surface area contributed by atoms with Crippen LogP contribution in [0.15, 0.2) is 58.3 Å². The first-order chi connectivity index (χ1) is 15.4. The molecule has 4 aromatic rings. The van der Waals surface area contributed by atoms with Gasteiger partial charge >= 0.3 is 5.69 Å². The van der Waals surface area contributed by atoms with Crippen molar-refractivity contribution in [3.05, 3.63) is 86.2 Å². The van der Waals surface area contributed by atoms with Gasteiger partial charge in [-0.3, -0.25) is 18.8 Å². The fraction of sp³-hybridized carbons (Fsp3) is 0.174. The van der Waals surface area contributed by atoms with Gasteiger partial charge in [0.15, 0.2) is 0 Å². The molecule has 0 saturated heterocycles. The number of H-pyrrole nitrogens is 1. The van der Waals surface area contributed by atoms with E-state index in [9.17, 15) is 14.4 Å². The Balaban J connectivity index is 1.58. The monoisotopic (exact) mass is 428 g/mol. The van der Waals surface area contributed by atoms with E-state index in [0.29, 0.717) is 27.7 Å². The van der Waals surface area contributed by atoms with Crippen molar-refractivity contribution in [2.75, 3.05) is 0 Å². The molecule has 0 aliphatic rings. The molecule has 0 bridgehead atoms. The van der Waals surface area contributed by atoms with Gasteiger partial charge in [-0.05, 0) is 37.3 Å². The molecule has 0 saturated carbocycles. The lowest BCUT2D eigenvalue weighted by Crippen LogP contribution is -2.34. The van der Waals surface area contributed by atoms with Crippen LogP contribution in [-0.2, 0) is 20.1 Å². The number of carbonyl (C=O) groups is 1. The molecule has 0 atom stereocenters. The van der Waals surface area contributed by atoms with Gasteiger partial charge < -0.3 is 10.3 Å². The quantitative estimate of drug-likeness (QED) is 0.502. The van der Waals surface area contributed by atoms with Crippen LogP contribution in [0.5, 0.6) is 0 Å². The Morgan fingerprint density at radius 1 is 1.19 bits per heavy atom. The SMILES string of the molecule is CCn1c(=O)[nH]c2cc(C(=O)NCc3cn(C)nc3-c3ccc(C#N)cc3)ccc2c1=O. The maximum absolute atomic E-state index is 12.7. The average Bonchev–Trinajstić information content (AvgIpc) is 3.17. The lowest BCUT2D eigenvalue weighted by Gasteiger charge is -2.08. The maximum atomic E-state index is 12.7. The molecule has 0 aliphatic carbocycles. The van der Waals surface area contributed by atoms with Crippen molar-refractivity contribution >= 4 is 16.8 Å². The molecule has 1 amide bonds. The molecule has 0 spiro atoms. The van der Waals surface area contributed by atoms with Crippen molar-refractivity contribution in [1.29, 1.82) is 5.26 Å². The van der Waals surface area contributed by atoms with Gasteiger partial charge in [0.1, 0.15) is 0 Å². The molecule has 9 nitrogen and oxygen atoms in total. The summed E-state index contributed by atoms with van der Waals surface area (Å²) in [4.78, 5) is 39.9. The summed E-state index contributed by atoms with van der Waals surface area (Å²) in [6.07, 6.45) is 1.82. The van der Waals surface area contributed by atoms with E-state index < -0.39 is 5.69 Å². The third-order valence-corrected chi connectivity index (χ3v) is 5.19. The molecule has 4 rings (SSSR count). The Labute approximate surface area is 182 Å². The number of rotatable bonds is 5. The van der Waals surface area contributed by atoms with Crippen molar-refractivity contribution in [3.8, 4) is 17.3 Å². The Bertz CT molecular complexity index is 1490. The molecule has 0 fully saturated rings. The van der Waals surface area contributed by atoms with Gasteiger partial charge in [0.05, 0.1) is 28.2 Å². The number of aromatic nitrogens is 4. The lowest BCUT2D eigenvalue weighted by molar-refractivity contribution is 0.0951. The molecule has 0 radical (unpaired) electrons. The minimum Gasteiger partial charge on any atom is -0.348 e. The summed E-state index contributed by atoms with van der Waals surface area (Å²) in [5, 5.41) is 16.7. The third kappa shape index (κ3) is 3.81. The minimum absolute atomic E-state index is 0.230. The van der Waals surface area contributed by atoms with Crippen molar-refractivity contribution in [2.24, 2.45) is 7.05 Å². The molecule has 2 heterocycles. The molecule has 0 aliphatic heterocycles. The second-order valence-corrected chi connectivity index (χ2v) is 7.29. The standard InChI is InChI=1S/C23H20N6O3/c1-3-29-22(31)18-9-8-16(10-19(18)26-23(29)32)21(30)25-12-17-13-28(2)27-20(17)15-6-4-14(11-24)5-7-15/h4-10,13H,3,12H2,1-2H3,(H,25,30)(H,26,32). The summed E-state index contributed by atoms with van der Waals surface area (Å²) in [5.41, 5.74) is 2.66. The van der Waals surface area contributed by atoms with E-state index in [1.165, 1.54) is 6.07 Å². The largest absolute Gasteiger partial charge is 0.348 e. The number of carbonyl (C=O) groups excluding carboxylic acids is 1. The second kappa shape index (κ2) is 8.35. The van der Waals surface area contributed by atoms with Crippen LogP contribution in [0.2, 0.25) is 0 Å². The summed E-state index contributed by atoms with van der Waals surface area (Å²) in [6.45, 7) is 2.21. The number of nitrogens with one attached hydrogen (secondary N) is 2. The fourth-order valence-corrected chi connectivity index (χ4v) is 3.57. The zero-order chi connectivity index (χ0) is 22.8. The highest BCUT2D eigenvalue weighted by Crippen LogP contribution is 2.22. The van der Waals surface area contributed by atoms with Crippen LogP contribution in [0.25, 0.3) is 22.2 Å². The number of aryl methyl sites for hydroxylation is 1. The highest BCUT2D eigenvalue weighted by Gasteiger charge is 2.14. The van der Waals surface area contributed by atoms with Gasteiger partial charge in [-0.15, -0.1) is 0 Å². The molecule has 9 heteroatoms. The Morgan fingerprint density at radius 2 is 1.94 bits per heavy atom. The first-order valence-electron chi connectivity index (χ1n) is 9.99. The van der Waals surface area contributed by atoms with E-state index in [1.807, 2.05) is 18.3 Å². The van der Waals surface area contributed by atoms with E-state index >= 15 is 0 Å². The van der Waals surface area contributed by atoms with E-state index in [1.54, 1.807) is 42.9 Å². The Morgan fingerprint density at radius 3 is 2.62 bits per heavy atom. The number of hydrogen-bond donors (Lipinski definition) is 2. The molecule has 0 unspecified atom stereocenters. The molecule has 2 aromatic heterocycles. The summed E-state index contributed by atoms with van der Waals surface area (Å²) >= 11 is 0. The molecule has 32 heavy (non-hydrogen) atoms. The van der Waals surface area contributed by atoms with Crippen LogP contribution >= 0.6 is 0 Å². The lowest BCUT2D eigenvalue weighted by atomic mass is 10.1. The fourth-order valence-electron chi connectivity index (χ4n) is 3.57. The van der Waals surface area contributed by atoms with Crippen molar-refractivity contribution in [1.82, 2.24) is 24.6 Å². The van der Waals surface area contributed by atoms with Crippen molar-refractivity contribution in [3.63, 3.8) is 0 Å². The third-order valence-electron chi connectivity index (χ3n) is 5.19. The van der Waals surface area contributed by atoms with Crippen LogP contribution in [-0.4, -0.2) is 25.2 Å². The zero-order valence-electron chi connectivity index (χ0n) is 17.5. The van der Waals surface area contributed by atoms with E-state index in [2.05, 4.69) is 21.5 Å². The van der Waals surface area contributed by atoms with Crippen LogP contribution < -0.4 is 16.6 Å². The summed E-state index contributed by atoms with van der Waals surface area (Å²) in [6, 6.07) is 13.7. The smallest absolute Gasteiger partial charge is 0.328 e. The number of nitriles is 1. The molecule has 2 N–H and O–H groups in total. The predicted molar refractivity (Wildman–Crippen MR) is 119 cm³/mol. The number of fused-ring (bicyclic) bond motifs is 1. The van der Waals surface area contributed by atoms with Gasteiger partial charge in [-0.1, -0.05) is 12.1 Å². The molecule has 160 valence electrons. The first-order valence-corrected chi connectivity index (χ1v) is 9.99. The van der Waals surface area contributed by atoms with Gasteiger partial charge in [0, 0.05) is 43.0 Å². The summed E-state index contributed by atoms with van der Waals surface area (Å²) in [5.74, 6) is -0.345. The number of aromatic amines is 1. The first kappa shape index (κ1) is 20.8. The van der Waals surface area contributed by atoms with E-state index in [0.717, 1.165) is 15.7 Å². The van der Waals surface area contributed by atoms with Crippen LogP contribution in [0.1, 0.15) is 28.4 Å². The number of benzene rings is 2. The number of nitrogens with zero attached hydrogens (tertiary/aromatic N) is 4. The zero-order valence-corrected chi connectivity index (χ0v) is 17.5. The van der Waals surface area contributed by atoms with Crippen LogP contribution in [0.3, 0.4) is 0 Å². The maximum Gasteiger partial charge on any atom is 0.328 e. The number of amides is 1. The molecular weight excluding hydrogens is 408 g/mol. The summed E-state index contributed by atoms with van der Waals surface area (Å²) < 4.78 is 2.77. The van der Waals surface area contributed by atoms with Crippen molar-refractivity contribution < 1.29 is 4.79 Å². The van der Waals surface area contributed by atoms with Gasteiger partial charge in [0.25, 0.3) is 11.5 Å². The van der Waals surface area contributed by atoms with Crippen LogP contribution in [0, 0.1) is 11.3 Å². The van der Waals surface area contributed by atoms with Crippen LogP contribution in [0.4, 0.5) is 0 Å². The molecule has 2 aromatic carbocycles. The van der Waals surface area contributed by atoms with Gasteiger partial charge in [-0.25, -0.2) is 4.79 Å². The highest BCUT2D eigenvalue weighted by molar-refractivity contribution is 5.97. The Hall–Kier alpha value is -4.45. The average molecular weight is 428 g/mol. The van der Waals surface area contributed by atoms with E-state index in [4.69, 9.17) is 5.26 Å². The van der Waals surface area contributed by atoms with Gasteiger partial charge in [0.2, 0.25) is 0 Å². The van der Waals surface area contributed by atoms with E-state index in [-0.39, 0.29) is 24.6 Å². The van der Waals surface area contributed by atoms with Crippen molar-refractivity contribution in [2.45, 2.75) is 20.0 Å². The molecular formula is C23H20N6O3. The predicted octanol–water partition coefficient (Wildman–Crippen LogP) is 1.91. The Kier molecular flexibility index (Phi) is 5.43. The topological polar surface area (TPSA) is 126 Å². The van der Waals surface area contributed by atoms with Gasteiger partial charge in [-0.2, -0.15) is 10.4 Å². The normalized spacial score (nSPS) is 10.8. The highest BCUT2D eigenvalue weighted by atomic mass is 16.2. The summed E-state index contributed by atoms with van der Waals surface area (Å²) in [7, 11) is 1.79. The minimum atomic E-state index is -0.509. The number of hydrogen-bond acceptors (Lipinski definition) is 5. The second-order valence-electron chi connectivity index (χ2n) is 7.29.